The summed E-state index contributed by atoms with van der Waals surface area (Å²) in [5.41, 5.74) is 0.494. The SMILES string of the molecule is CC(C)(C)[Si](C)(C)OC[C@H]1O[C@@H](C2C=CC(=NCc3ccccc3[N+](=O)[O-])NC2=O)CC1O[Si](C)(C)C(C)(C)C. The second-order valence-corrected chi connectivity index (χ2v) is 23.5. The Hall–Kier alpha value is -2.19. The number of amidine groups is 1. The molecule has 222 valence electrons. The van der Waals surface area contributed by atoms with Gasteiger partial charge < -0.3 is 18.9 Å². The zero-order chi connectivity index (χ0) is 30.1. The molecule has 9 nitrogen and oxygen atoms in total. The Labute approximate surface area is 241 Å². The van der Waals surface area contributed by atoms with Gasteiger partial charge in [0.25, 0.3) is 5.69 Å². The Morgan fingerprint density at radius 2 is 1.70 bits per heavy atom. The van der Waals surface area contributed by atoms with Gasteiger partial charge in [0, 0.05) is 12.5 Å². The van der Waals surface area contributed by atoms with Gasteiger partial charge in [-0.25, -0.2) is 0 Å². The van der Waals surface area contributed by atoms with Crippen LogP contribution in [0.25, 0.3) is 0 Å². The fourth-order valence-corrected chi connectivity index (χ4v) is 6.60. The predicted octanol–water partition coefficient (Wildman–Crippen LogP) is 6.37. The Kier molecular flexibility index (Phi) is 9.67. The van der Waals surface area contributed by atoms with E-state index in [1.54, 1.807) is 24.3 Å². The summed E-state index contributed by atoms with van der Waals surface area (Å²) >= 11 is 0. The normalized spacial score (nSPS) is 25.4. The minimum Gasteiger partial charge on any atom is -0.414 e. The number of amides is 1. The second-order valence-electron chi connectivity index (χ2n) is 13.9. The van der Waals surface area contributed by atoms with E-state index in [1.165, 1.54) is 6.07 Å². The maximum absolute atomic E-state index is 13.2. The van der Waals surface area contributed by atoms with Gasteiger partial charge in [-0.05, 0) is 42.3 Å². The third-order valence-electron chi connectivity index (χ3n) is 8.92. The van der Waals surface area contributed by atoms with Crippen LogP contribution in [-0.2, 0) is 24.9 Å². The van der Waals surface area contributed by atoms with Crippen LogP contribution >= 0.6 is 0 Å². The highest BCUT2D eigenvalue weighted by molar-refractivity contribution is 6.74. The van der Waals surface area contributed by atoms with Crippen LogP contribution < -0.4 is 5.32 Å². The molecule has 11 heteroatoms. The number of aliphatic imine (C=N–C) groups is 1. The number of nitro groups is 1. The van der Waals surface area contributed by atoms with Gasteiger partial charge in [0.2, 0.25) is 5.91 Å². The summed E-state index contributed by atoms with van der Waals surface area (Å²) in [7, 11) is -4.10. The van der Waals surface area contributed by atoms with Crippen molar-refractivity contribution in [2.24, 2.45) is 10.9 Å². The molecule has 0 saturated carbocycles. The molecule has 1 fully saturated rings. The summed E-state index contributed by atoms with van der Waals surface area (Å²) < 4.78 is 19.9. The highest BCUT2D eigenvalue weighted by atomic mass is 28.4. The molecule has 1 amide bonds. The molecule has 0 aromatic heterocycles. The molecular formula is C29H47N3O6Si2. The van der Waals surface area contributed by atoms with E-state index >= 15 is 0 Å². The average Bonchev–Trinajstić information content (AvgIpc) is 3.21. The summed E-state index contributed by atoms with van der Waals surface area (Å²) in [6, 6.07) is 6.47. The van der Waals surface area contributed by atoms with E-state index in [4.69, 9.17) is 13.6 Å². The quantitative estimate of drug-likeness (QED) is 0.204. The Balaban J connectivity index is 1.76. The van der Waals surface area contributed by atoms with Crippen molar-refractivity contribution in [2.45, 2.75) is 109 Å². The van der Waals surface area contributed by atoms with Gasteiger partial charge in [0.05, 0.1) is 41.8 Å². The number of carbonyl (C=O) groups is 1. The average molecular weight is 590 g/mol. The van der Waals surface area contributed by atoms with Gasteiger partial charge in [-0.1, -0.05) is 65.8 Å². The number of hydrogen-bond acceptors (Lipinski definition) is 7. The van der Waals surface area contributed by atoms with Crippen LogP contribution in [0, 0.1) is 16.0 Å². The minimum atomic E-state index is -2.10. The highest BCUT2D eigenvalue weighted by Crippen LogP contribution is 2.42. The van der Waals surface area contributed by atoms with Crippen molar-refractivity contribution in [3.63, 3.8) is 0 Å². The van der Waals surface area contributed by atoms with Gasteiger partial charge in [0.1, 0.15) is 11.9 Å². The number of benzene rings is 1. The summed E-state index contributed by atoms with van der Waals surface area (Å²) in [6.07, 6.45) is 3.41. The zero-order valence-electron chi connectivity index (χ0n) is 25.7. The first kappa shape index (κ1) is 32.3. The van der Waals surface area contributed by atoms with Gasteiger partial charge in [-0.15, -0.1) is 0 Å². The molecule has 0 aliphatic carbocycles. The first-order valence-electron chi connectivity index (χ1n) is 14.1. The lowest BCUT2D eigenvalue weighted by Gasteiger charge is -2.40. The largest absolute Gasteiger partial charge is 0.414 e. The fourth-order valence-electron chi connectivity index (χ4n) is 4.22. The van der Waals surface area contributed by atoms with E-state index in [0.717, 1.165) is 0 Å². The van der Waals surface area contributed by atoms with E-state index in [1.807, 2.05) is 6.08 Å². The first-order valence-corrected chi connectivity index (χ1v) is 19.9. The molecule has 0 spiro atoms. The minimum absolute atomic E-state index is 0.00827. The molecule has 2 unspecified atom stereocenters. The fraction of sp³-hybridized carbons (Fsp3) is 0.655. The second kappa shape index (κ2) is 12.0. The summed E-state index contributed by atoms with van der Waals surface area (Å²) in [5, 5.41) is 14.3. The van der Waals surface area contributed by atoms with Crippen molar-refractivity contribution in [2.75, 3.05) is 6.61 Å². The molecule has 1 saturated heterocycles. The van der Waals surface area contributed by atoms with Crippen molar-refractivity contribution in [3.05, 3.63) is 52.1 Å². The number of nitro benzene ring substituents is 1. The number of carbonyl (C=O) groups excluding carboxylic acids is 1. The van der Waals surface area contributed by atoms with Crippen LogP contribution in [-0.4, -0.2) is 58.2 Å². The van der Waals surface area contributed by atoms with Crippen molar-refractivity contribution in [1.82, 2.24) is 5.32 Å². The predicted molar refractivity (Wildman–Crippen MR) is 164 cm³/mol. The van der Waals surface area contributed by atoms with Crippen LogP contribution in [0.2, 0.25) is 36.3 Å². The lowest BCUT2D eigenvalue weighted by Crippen LogP contribution is -2.48. The molecular weight excluding hydrogens is 543 g/mol. The molecule has 1 aromatic carbocycles. The van der Waals surface area contributed by atoms with Crippen LogP contribution in [0.5, 0.6) is 0 Å². The molecule has 4 atom stereocenters. The van der Waals surface area contributed by atoms with Crippen LogP contribution in [0.15, 0.2) is 41.4 Å². The molecule has 40 heavy (non-hydrogen) atoms. The number of nitrogens with zero attached hydrogens (tertiary/aromatic N) is 2. The lowest BCUT2D eigenvalue weighted by atomic mass is 9.95. The summed E-state index contributed by atoms with van der Waals surface area (Å²) in [5.74, 6) is -0.316. The first-order chi connectivity index (χ1) is 18.3. The molecule has 1 aromatic rings. The van der Waals surface area contributed by atoms with E-state index in [9.17, 15) is 14.9 Å². The van der Waals surface area contributed by atoms with Crippen LogP contribution in [0.3, 0.4) is 0 Å². The number of ether oxygens (including phenoxy) is 1. The van der Waals surface area contributed by atoms with E-state index in [0.29, 0.717) is 24.4 Å². The third kappa shape index (κ3) is 7.55. The number of nitrogens with one attached hydrogen (secondary N) is 1. The topological polar surface area (TPSA) is 112 Å². The maximum Gasteiger partial charge on any atom is 0.274 e. The number of para-hydroxylation sites is 1. The molecule has 1 N–H and O–H groups in total. The van der Waals surface area contributed by atoms with Crippen molar-refractivity contribution in [1.29, 1.82) is 0 Å². The monoisotopic (exact) mass is 589 g/mol. The van der Waals surface area contributed by atoms with Crippen molar-refractivity contribution < 1.29 is 23.3 Å². The smallest absolute Gasteiger partial charge is 0.274 e. The summed E-state index contributed by atoms with van der Waals surface area (Å²) in [6.45, 7) is 22.8. The molecule has 0 bridgehead atoms. The maximum atomic E-state index is 13.2. The highest BCUT2D eigenvalue weighted by Gasteiger charge is 2.48. The van der Waals surface area contributed by atoms with Crippen molar-refractivity contribution in [3.8, 4) is 0 Å². The van der Waals surface area contributed by atoms with Crippen LogP contribution in [0.4, 0.5) is 5.69 Å². The van der Waals surface area contributed by atoms with Crippen LogP contribution in [0.1, 0.15) is 53.5 Å². The molecule has 2 heterocycles. The summed E-state index contributed by atoms with van der Waals surface area (Å²) in [4.78, 5) is 28.5. The Bertz CT molecular complexity index is 1150. The third-order valence-corrected chi connectivity index (χ3v) is 17.9. The molecule has 2 aliphatic heterocycles. The van der Waals surface area contributed by atoms with Gasteiger partial charge in [-0.3, -0.25) is 19.9 Å². The van der Waals surface area contributed by atoms with Gasteiger partial charge in [0.15, 0.2) is 16.6 Å². The molecule has 2 aliphatic rings. The van der Waals surface area contributed by atoms with Gasteiger partial charge in [-0.2, -0.15) is 0 Å². The van der Waals surface area contributed by atoms with E-state index in [2.05, 4.69) is 78.0 Å². The molecule has 3 rings (SSSR count). The number of hydrogen-bond donors (Lipinski definition) is 1. The van der Waals surface area contributed by atoms with Gasteiger partial charge >= 0.3 is 0 Å². The Morgan fingerprint density at radius 1 is 1.07 bits per heavy atom. The van der Waals surface area contributed by atoms with E-state index in [-0.39, 0.29) is 46.5 Å². The lowest BCUT2D eigenvalue weighted by molar-refractivity contribution is -0.385. The molecule has 0 radical (unpaired) electrons. The Morgan fingerprint density at radius 3 is 2.27 bits per heavy atom. The van der Waals surface area contributed by atoms with Crippen molar-refractivity contribution >= 4 is 34.1 Å². The zero-order valence-corrected chi connectivity index (χ0v) is 27.7. The standard InChI is InChI=1S/C29H47N3O6Si2/c1-28(2,3)39(7,8)36-19-25-24(38-40(9,10)29(4,5)6)17-23(37-25)21-15-16-26(31-27(21)33)30-18-20-13-11-12-14-22(20)32(34)35/h11-16,21,23-25H,17-19H2,1-10H3,(H,30,31,33)/t21?,23-,24?,25-/m1/s1. The number of rotatable bonds is 9. The van der Waals surface area contributed by atoms with E-state index < -0.39 is 27.5 Å².